The van der Waals surface area contributed by atoms with Crippen LogP contribution in [0.25, 0.3) is 0 Å². The molecule has 0 aliphatic rings. The number of hydrogen-bond donors (Lipinski definition) is 2. The van der Waals surface area contributed by atoms with Gasteiger partial charge in [-0.3, -0.25) is 4.79 Å². The third-order valence-electron chi connectivity index (χ3n) is 2.51. The zero-order valence-corrected chi connectivity index (χ0v) is 12.0. The van der Waals surface area contributed by atoms with Crippen molar-refractivity contribution in [1.82, 2.24) is 5.32 Å². The summed E-state index contributed by atoms with van der Waals surface area (Å²) in [6.45, 7) is 6.83. The second kappa shape index (κ2) is 5.73. The van der Waals surface area contributed by atoms with E-state index in [4.69, 9.17) is 0 Å². The van der Waals surface area contributed by atoms with Crippen LogP contribution in [0.3, 0.4) is 0 Å². The van der Waals surface area contributed by atoms with Crippen LogP contribution in [-0.4, -0.2) is 18.0 Å². The van der Waals surface area contributed by atoms with Gasteiger partial charge in [0.25, 0.3) is 0 Å². The minimum atomic E-state index is -4.39. The fourth-order valence-electron chi connectivity index (χ4n) is 1.68. The summed E-state index contributed by atoms with van der Waals surface area (Å²) < 4.78 is 38.2. The number of carbonyl (C=O) groups excluding carboxylic acids is 1. The van der Waals surface area contributed by atoms with E-state index >= 15 is 0 Å². The van der Waals surface area contributed by atoms with Gasteiger partial charge in [-0.1, -0.05) is 6.07 Å². The van der Waals surface area contributed by atoms with Crippen LogP contribution in [-0.2, 0) is 11.0 Å². The molecule has 0 aromatic heterocycles. The Labute approximate surface area is 116 Å². The highest BCUT2D eigenvalue weighted by molar-refractivity contribution is 5.81. The summed E-state index contributed by atoms with van der Waals surface area (Å²) in [7, 11) is 0. The Morgan fingerprint density at radius 2 is 1.80 bits per heavy atom. The molecule has 6 heteroatoms. The highest BCUT2D eigenvalue weighted by Gasteiger charge is 2.32. The number of hydrogen-bond acceptors (Lipinski definition) is 2. The standard InChI is InChI=1S/C14H19F3N2O/c1-9-5-6-10(7-11(9)14(15,16)17)18-8-12(20)19-13(2,3)4/h5-7,18H,8H2,1-4H3,(H,19,20). The van der Waals surface area contributed by atoms with Gasteiger partial charge in [0.2, 0.25) is 5.91 Å². The zero-order chi connectivity index (χ0) is 15.6. The van der Waals surface area contributed by atoms with Gasteiger partial charge >= 0.3 is 6.18 Å². The molecule has 0 aliphatic heterocycles. The molecule has 0 bridgehead atoms. The van der Waals surface area contributed by atoms with E-state index in [-0.39, 0.29) is 29.2 Å². The number of carbonyl (C=O) groups is 1. The van der Waals surface area contributed by atoms with Gasteiger partial charge in [0, 0.05) is 11.2 Å². The maximum absolute atomic E-state index is 12.7. The maximum atomic E-state index is 12.7. The van der Waals surface area contributed by atoms with E-state index in [0.29, 0.717) is 0 Å². The Morgan fingerprint density at radius 3 is 2.30 bits per heavy atom. The molecule has 0 atom stereocenters. The number of alkyl halides is 3. The van der Waals surface area contributed by atoms with Crippen LogP contribution in [0.1, 0.15) is 31.9 Å². The monoisotopic (exact) mass is 288 g/mol. The lowest BCUT2D eigenvalue weighted by atomic mass is 10.1. The van der Waals surface area contributed by atoms with Crippen molar-refractivity contribution in [3.8, 4) is 0 Å². The number of amides is 1. The smallest absolute Gasteiger partial charge is 0.376 e. The highest BCUT2D eigenvalue weighted by atomic mass is 19.4. The van der Waals surface area contributed by atoms with Gasteiger partial charge in [-0.2, -0.15) is 13.2 Å². The van der Waals surface area contributed by atoms with E-state index in [1.165, 1.54) is 19.1 Å². The summed E-state index contributed by atoms with van der Waals surface area (Å²) >= 11 is 0. The first kappa shape index (κ1) is 16.3. The molecule has 1 aromatic carbocycles. The van der Waals surface area contributed by atoms with Crippen LogP contribution in [0.2, 0.25) is 0 Å². The molecule has 1 rings (SSSR count). The van der Waals surface area contributed by atoms with E-state index in [1.54, 1.807) is 0 Å². The largest absolute Gasteiger partial charge is 0.416 e. The Kier molecular flexibility index (Phi) is 4.68. The maximum Gasteiger partial charge on any atom is 0.416 e. The number of anilines is 1. The molecule has 0 spiro atoms. The molecule has 0 saturated carbocycles. The van der Waals surface area contributed by atoms with E-state index in [1.807, 2.05) is 20.8 Å². The van der Waals surface area contributed by atoms with E-state index in [0.717, 1.165) is 6.07 Å². The second-order valence-corrected chi connectivity index (χ2v) is 5.68. The van der Waals surface area contributed by atoms with Crippen LogP contribution in [0, 0.1) is 6.92 Å². The topological polar surface area (TPSA) is 41.1 Å². The molecule has 0 aliphatic carbocycles. The zero-order valence-electron chi connectivity index (χ0n) is 12.0. The summed E-state index contributed by atoms with van der Waals surface area (Å²) in [6.07, 6.45) is -4.39. The van der Waals surface area contributed by atoms with Gasteiger partial charge in [-0.05, 0) is 45.4 Å². The van der Waals surface area contributed by atoms with Gasteiger partial charge in [-0.15, -0.1) is 0 Å². The summed E-state index contributed by atoms with van der Waals surface area (Å²) in [5.74, 6) is -0.272. The van der Waals surface area contributed by atoms with Crippen LogP contribution < -0.4 is 10.6 Å². The molecule has 0 unspecified atom stereocenters. The lowest BCUT2D eigenvalue weighted by Gasteiger charge is -2.21. The molecule has 1 amide bonds. The second-order valence-electron chi connectivity index (χ2n) is 5.68. The molecular weight excluding hydrogens is 269 g/mol. The Balaban J connectivity index is 2.73. The lowest BCUT2D eigenvalue weighted by molar-refractivity contribution is -0.138. The summed E-state index contributed by atoms with van der Waals surface area (Å²) in [6, 6.07) is 3.92. The van der Waals surface area contributed by atoms with Crippen molar-refractivity contribution < 1.29 is 18.0 Å². The Morgan fingerprint density at radius 1 is 1.20 bits per heavy atom. The van der Waals surface area contributed by atoms with E-state index in [9.17, 15) is 18.0 Å². The van der Waals surface area contributed by atoms with Crippen molar-refractivity contribution in [1.29, 1.82) is 0 Å². The molecule has 0 saturated heterocycles. The molecule has 20 heavy (non-hydrogen) atoms. The molecule has 0 fully saturated rings. The average molecular weight is 288 g/mol. The van der Waals surface area contributed by atoms with Crippen LogP contribution >= 0.6 is 0 Å². The van der Waals surface area contributed by atoms with Gasteiger partial charge < -0.3 is 10.6 Å². The third-order valence-corrected chi connectivity index (χ3v) is 2.51. The Bertz CT molecular complexity index is 490. The SMILES string of the molecule is Cc1ccc(NCC(=O)NC(C)(C)C)cc1C(F)(F)F. The molecular formula is C14H19F3N2O. The van der Waals surface area contributed by atoms with Gasteiger partial charge in [0.05, 0.1) is 12.1 Å². The van der Waals surface area contributed by atoms with Crippen molar-refractivity contribution in [3.05, 3.63) is 29.3 Å². The van der Waals surface area contributed by atoms with Gasteiger partial charge in [0.1, 0.15) is 0 Å². The Hall–Kier alpha value is -1.72. The highest BCUT2D eigenvalue weighted by Crippen LogP contribution is 2.33. The number of rotatable bonds is 3. The minimum absolute atomic E-state index is 0.0718. The fourth-order valence-corrected chi connectivity index (χ4v) is 1.68. The minimum Gasteiger partial charge on any atom is -0.376 e. The van der Waals surface area contributed by atoms with Crippen molar-refractivity contribution in [2.75, 3.05) is 11.9 Å². The van der Waals surface area contributed by atoms with Crippen LogP contribution in [0.4, 0.5) is 18.9 Å². The number of benzene rings is 1. The van der Waals surface area contributed by atoms with Crippen molar-refractivity contribution >= 4 is 11.6 Å². The average Bonchev–Trinajstić information content (AvgIpc) is 2.24. The fraction of sp³-hybridized carbons (Fsp3) is 0.500. The number of nitrogens with one attached hydrogen (secondary N) is 2. The quantitative estimate of drug-likeness (QED) is 0.895. The summed E-state index contributed by atoms with van der Waals surface area (Å²) in [5, 5.41) is 5.42. The van der Waals surface area contributed by atoms with Gasteiger partial charge in [0.15, 0.2) is 0 Å². The molecule has 0 heterocycles. The first-order valence-corrected chi connectivity index (χ1v) is 6.22. The molecule has 2 N–H and O–H groups in total. The van der Waals surface area contributed by atoms with Crippen LogP contribution in [0.15, 0.2) is 18.2 Å². The molecule has 1 aromatic rings. The molecule has 3 nitrogen and oxygen atoms in total. The van der Waals surface area contributed by atoms with Crippen molar-refractivity contribution in [2.45, 2.75) is 39.4 Å². The predicted molar refractivity (Wildman–Crippen MR) is 72.6 cm³/mol. The lowest BCUT2D eigenvalue weighted by Crippen LogP contribution is -2.43. The third kappa shape index (κ3) is 5.11. The van der Waals surface area contributed by atoms with E-state index < -0.39 is 11.7 Å². The molecule has 112 valence electrons. The summed E-state index contributed by atoms with van der Waals surface area (Å²) in [4.78, 5) is 11.6. The predicted octanol–water partition coefficient (Wildman–Crippen LogP) is 3.34. The van der Waals surface area contributed by atoms with Crippen molar-refractivity contribution in [2.24, 2.45) is 0 Å². The normalized spacial score (nSPS) is 12.2. The first-order chi connectivity index (χ1) is 8.99. The van der Waals surface area contributed by atoms with Crippen LogP contribution in [0.5, 0.6) is 0 Å². The summed E-state index contributed by atoms with van der Waals surface area (Å²) in [5.41, 5.74) is -0.642. The van der Waals surface area contributed by atoms with E-state index in [2.05, 4.69) is 10.6 Å². The first-order valence-electron chi connectivity index (χ1n) is 6.22. The van der Waals surface area contributed by atoms with Gasteiger partial charge in [-0.25, -0.2) is 0 Å². The van der Waals surface area contributed by atoms with Crippen molar-refractivity contribution in [3.63, 3.8) is 0 Å². The number of halogens is 3. The number of aryl methyl sites for hydroxylation is 1. The molecule has 0 radical (unpaired) electrons.